The normalized spacial score (nSPS) is 20.8. The number of aliphatic hydroxyl groups excluding tert-OH is 3. The van der Waals surface area contributed by atoms with E-state index in [-0.39, 0.29) is 142 Å². The Hall–Kier alpha value is -13.5. The van der Waals surface area contributed by atoms with Crippen molar-refractivity contribution in [3.63, 3.8) is 0 Å². The van der Waals surface area contributed by atoms with Crippen LogP contribution in [0.3, 0.4) is 0 Å². The minimum absolute atomic E-state index is 0.00509. The third-order valence-corrected chi connectivity index (χ3v) is 26.0. The topological polar surface area (TPSA) is 465 Å². The number of nitrogens with zero attached hydrogens (tertiary/aromatic N) is 16. The van der Waals surface area contributed by atoms with Gasteiger partial charge in [0.1, 0.15) is 46.8 Å². The third kappa shape index (κ3) is 28.7. The molecule has 6 N–H and O–H groups in total. The molecular weight excluding hydrogens is 1960 g/mol. The number of H-pyrrole nitrogens is 1. The van der Waals surface area contributed by atoms with Crippen LogP contribution in [0.4, 0.5) is 59.2 Å². The highest BCUT2D eigenvalue weighted by Crippen LogP contribution is 2.41. The molecule has 8 saturated heterocycles. The van der Waals surface area contributed by atoms with Crippen molar-refractivity contribution in [2.45, 2.75) is 230 Å². The molecule has 147 heavy (non-hydrogen) atoms. The van der Waals surface area contributed by atoms with Gasteiger partial charge in [-0.3, -0.25) is 33.0 Å². The summed E-state index contributed by atoms with van der Waals surface area (Å²) < 4.78 is 154. The van der Waals surface area contributed by atoms with Crippen LogP contribution in [0.2, 0.25) is 5.02 Å². The molecule has 45 heteroatoms. The molecule has 0 radical (unpaired) electrons. The van der Waals surface area contributed by atoms with Crippen LogP contribution in [0.5, 0.6) is 0 Å². The summed E-state index contributed by atoms with van der Waals surface area (Å²) >= 11 is 6.23. The highest BCUT2D eigenvalue weighted by molar-refractivity contribution is 7.87. The number of nitriles is 2. The number of morpholine rings is 3. The molecule has 21 rings (SSSR count). The predicted molar refractivity (Wildman–Crippen MR) is 523 cm³/mol. The molecule has 0 saturated carbocycles. The number of anilines is 4. The second-order valence-corrected chi connectivity index (χ2v) is 40.0. The van der Waals surface area contributed by atoms with E-state index in [0.717, 1.165) is 105 Å². The Morgan fingerprint density at radius 1 is 0.565 bits per heavy atom. The SMILES string of the molecule is CC(C)(C)OC(=O)N1Cc2nc(-c3c(F)cccc3C#N)cc(-n3cc(F)c(N4C[C@H]5CC[C@@H](C4)O5)n3)c2C1=O.CC(C)(C)OC(=O)N1Cc2nc(-c3c(F)cccc3C#N)cc(Cl)c2C1=O.CCC1CCC(COS(=O)(=O)C(F)(F)F)O1.Nc1ccn(Cc2ccccc2)n1.O=Cc1ccc(CO)o1.OCC1CCC(CO)O1.c1cc(N2C[C@H]3CC[C@@H](C2)O3)[nH]n1.c1ccc(Cn2ccc(N3C[C@H]4CC[C@@H](C3)O4)n2)cc1. The van der Waals surface area contributed by atoms with Gasteiger partial charge in [-0.05, 0) is 178 Å². The maximum atomic E-state index is 15.3. The largest absolute Gasteiger partial charge is 0.523 e. The minimum Gasteiger partial charge on any atom is -0.456 e. The lowest BCUT2D eigenvalue weighted by Crippen LogP contribution is -2.43. The van der Waals surface area contributed by atoms with Crippen molar-refractivity contribution >= 4 is 75.3 Å². The molecule has 10 aliphatic rings. The number of aromatic amines is 1. The van der Waals surface area contributed by atoms with Gasteiger partial charge in [0.05, 0.1) is 198 Å². The Balaban J connectivity index is 0.000000140. The summed E-state index contributed by atoms with van der Waals surface area (Å²) in [5.41, 5.74) is 1.77. The van der Waals surface area contributed by atoms with Crippen molar-refractivity contribution in [3.05, 3.63) is 243 Å². The molecule has 0 aliphatic carbocycles. The molecule has 4 unspecified atom stereocenters. The van der Waals surface area contributed by atoms with Gasteiger partial charge in [0.2, 0.25) is 0 Å². The molecule has 37 nitrogen and oxygen atoms in total. The Labute approximate surface area is 849 Å². The number of halogens is 7. The van der Waals surface area contributed by atoms with E-state index in [4.69, 9.17) is 75.3 Å². The van der Waals surface area contributed by atoms with Gasteiger partial charge in [0.15, 0.2) is 29.5 Å². The molecule has 10 atom stereocenters. The highest BCUT2D eigenvalue weighted by Gasteiger charge is 2.49. The summed E-state index contributed by atoms with van der Waals surface area (Å²) in [6, 6.07) is 44.3. The average Bonchev–Trinajstić information content (AvgIpc) is 1.59. The molecule has 4 aromatic carbocycles. The van der Waals surface area contributed by atoms with E-state index in [1.807, 2.05) is 69.9 Å². The molecule has 10 aliphatic heterocycles. The molecule has 4 amide bonds. The first kappa shape index (κ1) is 109. The number of benzene rings is 4. The zero-order valence-electron chi connectivity index (χ0n) is 81.8. The number of nitrogen functional groups attached to an aromatic ring is 1. The highest BCUT2D eigenvalue weighted by atomic mass is 35.5. The van der Waals surface area contributed by atoms with E-state index in [1.165, 1.54) is 96.1 Å². The van der Waals surface area contributed by atoms with E-state index in [9.17, 15) is 60.5 Å². The number of nitrogens with two attached hydrogens (primary N) is 1. The first-order valence-electron chi connectivity index (χ1n) is 48.0. The van der Waals surface area contributed by atoms with Crippen LogP contribution in [0.25, 0.3) is 28.2 Å². The average molecular weight is 2080 g/mol. The number of alkyl halides is 3. The number of carbonyl (C=O) groups excluding carboxylic acids is 5. The Morgan fingerprint density at radius 3 is 1.48 bits per heavy atom. The van der Waals surface area contributed by atoms with E-state index in [0.29, 0.717) is 61.8 Å². The number of pyridine rings is 2. The van der Waals surface area contributed by atoms with Crippen LogP contribution in [-0.4, -0.2) is 250 Å². The van der Waals surface area contributed by atoms with Gasteiger partial charge in [-0.25, -0.2) is 47.2 Å². The number of rotatable bonds is 18. The van der Waals surface area contributed by atoms with Crippen LogP contribution in [0, 0.1) is 40.1 Å². The van der Waals surface area contributed by atoms with Crippen molar-refractivity contribution in [2.24, 2.45) is 0 Å². The molecule has 8 fully saturated rings. The number of amides is 4. The van der Waals surface area contributed by atoms with Gasteiger partial charge < -0.3 is 73.3 Å². The second kappa shape index (κ2) is 48.9. The monoisotopic (exact) mass is 2080 g/mol. The minimum atomic E-state index is -5.49. The fourth-order valence-corrected chi connectivity index (χ4v) is 18.6. The number of hydrogen-bond acceptors (Lipinski definition) is 31. The number of furan rings is 1. The first-order valence-corrected chi connectivity index (χ1v) is 49.8. The molecule has 17 heterocycles. The predicted octanol–water partition coefficient (Wildman–Crippen LogP) is 15.1. The van der Waals surface area contributed by atoms with Gasteiger partial charge in [-0.2, -0.15) is 47.4 Å². The fraction of sp³-hybridized carbons (Fsp3) is 0.441. The summed E-state index contributed by atoms with van der Waals surface area (Å²) in [6.07, 6.45) is 17.2. The molecule has 11 aromatic rings. The van der Waals surface area contributed by atoms with E-state index < -0.39 is 81.0 Å². The van der Waals surface area contributed by atoms with Crippen molar-refractivity contribution < 1.29 is 116 Å². The van der Waals surface area contributed by atoms with Crippen molar-refractivity contribution in [2.75, 3.05) is 79.5 Å². The number of carbonyl (C=O) groups is 5. The number of aromatic nitrogens is 10. The van der Waals surface area contributed by atoms with Crippen LogP contribution in [0.15, 0.2) is 169 Å². The smallest absolute Gasteiger partial charge is 0.456 e. The van der Waals surface area contributed by atoms with Gasteiger partial charge >= 0.3 is 27.8 Å². The zero-order valence-corrected chi connectivity index (χ0v) is 83.3. The number of aldehydes is 1. The number of fused-ring (bicyclic) bond motifs is 8. The first-order chi connectivity index (χ1) is 70.2. The van der Waals surface area contributed by atoms with Crippen molar-refractivity contribution in [3.8, 4) is 40.3 Å². The fourth-order valence-electron chi connectivity index (χ4n) is 17.8. The zero-order chi connectivity index (χ0) is 105. The number of aliphatic hydroxyl groups is 3. The lowest BCUT2D eigenvalue weighted by atomic mass is 10.0. The lowest BCUT2D eigenvalue weighted by Gasteiger charge is -2.32. The van der Waals surface area contributed by atoms with Crippen LogP contribution >= 0.6 is 11.6 Å². The summed E-state index contributed by atoms with van der Waals surface area (Å²) in [4.78, 5) is 78.3. The summed E-state index contributed by atoms with van der Waals surface area (Å²) in [5, 5.41) is 64.7. The maximum absolute atomic E-state index is 15.3. The second-order valence-electron chi connectivity index (χ2n) is 38.0. The molecule has 7 aromatic heterocycles. The molecular formula is C102H115ClF6N18O19S. The van der Waals surface area contributed by atoms with Crippen molar-refractivity contribution in [1.82, 2.24) is 59.3 Å². The summed E-state index contributed by atoms with van der Waals surface area (Å²) in [6.45, 7) is 17.6. The van der Waals surface area contributed by atoms with Gasteiger partial charge in [-0.1, -0.05) is 91.3 Å². The maximum Gasteiger partial charge on any atom is 0.523 e. The van der Waals surface area contributed by atoms with Crippen molar-refractivity contribution in [1.29, 1.82) is 10.5 Å². The van der Waals surface area contributed by atoms with Crippen LogP contribution in [0.1, 0.15) is 190 Å². The molecule has 0 spiro atoms. The van der Waals surface area contributed by atoms with Gasteiger partial charge in [0, 0.05) is 63.8 Å². The van der Waals surface area contributed by atoms with E-state index >= 15 is 8.78 Å². The molecule has 782 valence electrons. The number of hydrogen-bond donors (Lipinski definition) is 5. The molecule has 6 bridgehead atoms. The summed E-state index contributed by atoms with van der Waals surface area (Å²) in [5.74, 6) is 0.282. The Kier molecular flexibility index (Phi) is 36.3. The van der Waals surface area contributed by atoms with E-state index in [1.54, 1.807) is 59.9 Å². The van der Waals surface area contributed by atoms with Crippen LogP contribution in [-0.2, 0) is 80.2 Å². The standard InChI is InChI=1S/C28H26F2N6O4.C19H15ClFN3O3.C16H19N3O.C10H11N3.C9H13N3O.C8H13F3O4S.C6H12O3.C6H6O3/c1-28(2,3)40-27(38)35-14-21-24(26(35)37)22(9-20(32-21)23-15(10-31)5-4-6-18(23)29)36-13-19(30)25(33-36)34-11-16-7-8-17(12-34)39-16;1-19(2,3)27-18(26)24-9-14-16(17(24)25)11(20)7-13(23-14)15-10(8-22)5-4-6-12(15)21;1-2-4-13(5-3-1)10-19-9-8-16(17-19)18-11-14-6-7-15(12-18)20-14;11-10-6-7-13(12-10)8-9-4-2-1-3-5-9;1-2-8-6-12(5-7(1)13-8)9-3-4-10-11-9;1-2-6-3-4-7(15-6)5-14-16(12,13)8(9,10)11;2*7-3-5-1-2-6(4-8)9-5/h4-6,9,13,16-17H,7-8,11-12,14H2,1-3H3;4-7H,9H2,1-3H3;1-5,8-9,14-15H,6-7,10-12H2;1-7H,8H2,(H2,11,12);3-4,7-8H,1-2,5-6H2,(H,10,11);6-7H,2-5H2,1H3;5-8H,1-4H2;1-3,8H,4H2/t16-,17+;;14-,15+;;7-,8+;;;. The number of nitrogens with one attached hydrogen (secondary N) is 1. The number of imide groups is 2. The Morgan fingerprint density at radius 2 is 1.04 bits per heavy atom. The third-order valence-electron chi connectivity index (χ3n) is 24.7. The summed E-state index contributed by atoms with van der Waals surface area (Å²) in [7, 11) is -5.49. The number of ether oxygens (including phenoxy) is 7. The van der Waals surface area contributed by atoms with Gasteiger partial charge in [0.25, 0.3) is 11.8 Å². The quantitative estimate of drug-likeness (QED) is 0.0230. The Bertz CT molecular complexity index is 6530. The van der Waals surface area contributed by atoms with E-state index in [2.05, 4.69) is 93.0 Å². The van der Waals surface area contributed by atoms with Gasteiger partial charge in [-0.15, -0.1) is 5.10 Å². The lowest BCUT2D eigenvalue weighted by molar-refractivity contribution is -0.0584. The van der Waals surface area contributed by atoms with Crippen LogP contribution < -0.4 is 20.4 Å².